The highest BCUT2D eigenvalue weighted by Gasteiger charge is 2.25. The van der Waals surface area contributed by atoms with Crippen LogP contribution in [0.3, 0.4) is 0 Å². The third-order valence-corrected chi connectivity index (χ3v) is 3.08. The minimum Gasteiger partial charge on any atom is -0.491 e. The molecule has 0 spiro atoms. The van der Waals surface area contributed by atoms with Crippen molar-refractivity contribution in [2.24, 2.45) is 0 Å². The molecular weight excluding hydrogens is 228 g/mol. The maximum atomic E-state index is 11.9. The van der Waals surface area contributed by atoms with Gasteiger partial charge < -0.3 is 15.4 Å². The van der Waals surface area contributed by atoms with Gasteiger partial charge in [-0.3, -0.25) is 4.79 Å². The fraction of sp³-hybridized carbons (Fsp3) is 0.500. The summed E-state index contributed by atoms with van der Waals surface area (Å²) >= 11 is 0. The summed E-state index contributed by atoms with van der Waals surface area (Å²) in [5.41, 5.74) is 1.07. The molecule has 0 saturated carbocycles. The van der Waals surface area contributed by atoms with Gasteiger partial charge in [0.25, 0.3) is 0 Å². The van der Waals surface area contributed by atoms with Crippen LogP contribution in [0.1, 0.15) is 31.9 Å². The van der Waals surface area contributed by atoms with Gasteiger partial charge in [-0.05, 0) is 19.5 Å². The van der Waals surface area contributed by atoms with Gasteiger partial charge >= 0.3 is 0 Å². The lowest BCUT2D eigenvalue weighted by atomic mass is 10.1. The van der Waals surface area contributed by atoms with Crippen molar-refractivity contribution in [2.45, 2.75) is 32.4 Å². The lowest BCUT2D eigenvalue weighted by molar-refractivity contribution is -0.122. The van der Waals surface area contributed by atoms with E-state index in [9.17, 15) is 4.79 Å². The third kappa shape index (κ3) is 3.01. The van der Waals surface area contributed by atoms with E-state index in [1.165, 1.54) is 0 Å². The number of carbonyl (C=O) groups excluding carboxylic acids is 1. The van der Waals surface area contributed by atoms with Crippen molar-refractivity contribution in [1.29, 1.82) is 0 Å². The molecular formula is C14H20N2O2. The first-order valence-electron chi connectivity index (χ1n) is 6.45. The number of para-hydroxylation sites is 1. The van der Waals surface area contributed by atoms with Gasteiger partial charge in [0.2, 0.25) is 5.91 Å². The number of carbonyl (C=O) groups is 1. The predicted octanol–water partition coefficient (Wildman–Crippen LogP) is 1.62. The van der Waals surface area contributed by atoms with Crippen LogP contribution >= 0.6 is 0 Å². The lowest BCUT2D eigenvalue weighted by Crippen LogP contribution is -2.35. The van der Waals surface area contributed by atoms with E-state index in [0.717, 1.165) is 17.9 Å². The topological polar surface area (TPSA) is 50.4 Å². The average molecular weight is 248 g/mol. The van der Waals surface area contributed by atoms with Crippen LogP contribution in [0.15, 0.2) is 24.3 Å². The van der Waals surface area contributed by atoms with Crippen LogP contribution in [-0.2, 0) is 4.79 Å². The van der Waals surface area contributed by atoms with Crippen molar-refractivity contribution in [2.75, 3.05) is 13.2 Å². The second-order valence-electron chi connectivity index (χ2n) is 4.63. The summed E-state index contributed by atoms with van der Waals surface area (Å²) in [5.74, 6) is 0.941. The molecule has 18 heavy (non-hydrogen) atoms. The zero-order valence-electron chi connectivity index (χ0n) is 10.9. The Hall–Kier alpha value is -1.55. The Morgan fingerprint density at radius 2 is 2.28 bits per heavy atom. The molecule has 2 rings (SSSR count). The fourth-order valence-electron chi connectivity index (χ4n) is 2.23. The number of hydrogen-bond donors (Lipinski definition) is 2. The van der Waals surface area contributed by atoms with E-state index in [1.54, 1.807) is 0 Å². The molecule has 0 aromatic heterocycles. The highest BCUT2D eigenvalue weighted by atomic mass is 16.5. The molecule has 0 radical (unpaired) electrons. The van der Waals surface area contributed by atoms with E-state index in [-0.39, 0.29) is 18.0 Å². The molecule has 1 aliphatic heterocycles. The fourth-order valence-corrected chi connectivity index (χ4v) is 2.23. The molecule has 98 valence electrons. The summed E-state index contributed by atoms with van der Waals surface area (Å²) in [6.07, 6.45) is 0.493. The van der Waals surface area contributed by atoms with Gasteiger partial charge in [0.05, 0.1) is 6.04 Å². The average Bonchev–Trinajstić information content (AvgIpc) is 2.73. The number of rotatable bonds is 5. The number of amides is 1. The van der Waals surface area contributed by atoms with Crippen LogP contribution in [0.4, 0.5) is 0 Å². The molecule has 2 unspecified atom stereocenters. The Balaban J connectivity index is 1.89. The number of hydrogen-bond acceptors (Lipinski definition) is 3. The Bertz CT molecular complexity index is 420. The maximum absolute atomic E-state index is 11.9. The van der Waals surface area contributed by atoms with Crippen LogP contribution < -0.4 is 15.4 Å². The zero-order chi connectivity index (χ0) is 13.0. The van der Waals surface area contributed by atoms with Crippen molar-refractivity contribution < 1.29 is 9.53 Å². The zero-order valence-corrected chi connectivity index (χ0v) is 10.9. The first-order chi connectivity index (χ1) is 8.70. The second-order valence-corrected chi connectivity index (χ2v) is 4.63. The highest BCUT2D eigenvalue weighted by Crippen LogP contribution is 2.31. The normalized spacial score (nSPS) is 18.9. The van der Waals surface area contributed by atoms with E-state index >= 15 is 0 Å². The van der Waals surface area contributed by atoms with Crippen LogP contribution in [0, 0.1) is 0 Å². The molecule has 1 heterocycles. The van der Waals surface area contributed by atoms with Crippen molar-refractivity contribution in [3.8, 4) is 5.75 Å². The van der Waals surface area contributed by atoms with Crippen molar-refractivity contribution in [3.63, 3.8) is 0 Å². The highest BCUT2D eigenvalue weighted by molar-refractivity contribution is 5.77. The van der Waals surface area contributed by atoms with Gasteiger partial charge in [0, 0.05) is 18.0 Å². The minimum absolute atomic E-state index is 0.0115. The van der Waals surface area contributed by atoms with Crippen molar-refractivity contribution in [3.05, 3.63) is 29.8 Å². The van der Waals surface area contributed by atoms with Gasteiger partial charge in [-0.25, -0.2) is 0 Å². The molecule has 2 atom stereocenters. The number of benzene rings is 1. The molecule has 0 fully saturated rings. The molecule has 0 bridgehead atoms. The summed E-state index contributed by atoms with van der Waals surface area (Å²) in [5, 5.41) is 6.25. The summed E-state index contributed by atoms with van der Waals surface area (Å²) in [6.45, 7) is 5.46. The van der Waals surface area contributed by atoms with E-state index in [0.29, 0.717) is 13.0 Å². The molecule has 1 aliphatic rings. The number of fused-ring (bicyclic) bond motifs is 1. The Kier molecular flexibility index (Phi) is 4.20. The van der Waals surface area contributed by atoms with Crippen LogP contribution in [0.2, 0.25) is 0 Å². The van der Waals surface area contributed by atoms with Crippen LogP contribution in [-0.4, -0.2) is 25.1 Å². The molecule has 0 aliphatic carbocycles. The maximum Gasteiger partial charge on any atom is 0.222 e. The first-order valence-corrected chi connectivity index (χ1v) is 6.45. The SMILES string of the molecule is CCNC(C)CC(=O)NC1COc2ccccc21. The molecule has 4 heteroatoms. The smallest absolute Gasteiger partial charge is 0.222 e. The molecule has 1 aromatic rings. The van der Waals surface area contributed by atoms with E-state index in [4.69, 9.17) is 4.74 Å². The number of ether oxygens (including phenoxy) is 1. The molecule has 1 aromatic carbocycles. The Labute approximate surface area is 108 Å². The molecule has 1 amide bonds. The minimum atomic E-state index is -0.0115. The lowest BCUT2D eigenvalue weighted by Gasteiger charge is -2.15. The summed E-state index contributed by atoms with van der Waals surface area (Å²) in [7, 11) is 0. The van der Waals surface area contributed by atoms with Crippen LogP contribution in [0.25, 0.3) is 0 Å². The van der Waals surface area contributed by atoms with Crippen molar-refractivity contribution >= 4 is 5.91 Å². The molecule has 4 nitrogen and oxygen atoms in total. The Morgan fingerprint density at radius 1 is 1.50 bits per heavy atom. The summed E-state index contributed by atoms with van der Waals surface area (Å²) < 4.78 is 5.53. The quantitative estimate of drug-likeness (QED) is 0.832. The van der Waals surface area contributed by atoms with Gasteiger partial charge in [-0.1, -0.05) is 25.1 Å². The number of nitrogens with one attached hydrogen (secondary N) is 2. The first kappa shape index (κ1) is 12.9. The largest absolute Gasteiger partial charge is 0.491 e. The second kappa shape index (κ2) is 5.87. The standard InChI is InChI=1S/C14H20N2O2/c1-3-15-10(2)8-14(17)16-12-9-18-13-7-5-4-6-11(12)13/h4-7,10,12,15H,3,8-9H2,1-2H3,(H,16,17). The van der Waals surface area contributed by atoms with Gasteiger partial charge in [-0.15, -0.1) is 0 Å². The van der Waals surface area contributed by atoms with Gasteiger partial charge in [0.1, 0.15) is 12.4 Å². The Morgan fingerprint density at radius 3 is 3.06 bits per heavy atom. The van der Waals surface area contributed by atoms with Crippen molar-refractivity contribution in [1.82, 2.24) is 10.6 Å². The summed E-state index contributed by atoms with van der Waals surface area (Å²) in [6, 6.07) is 8.03. The predicted molar refractivity (Wildman–Crippen MR) is 70.6 cm³/mol. The monoisotopic (exact) mass is 248 g/mol. The van der Waals surface area contributed by atoms with Gasteiger partial charge in [0.15, 0.2) is 0 Å². The van der Waals surface area contributed by atoms with E-state index in [1.807, 2.05) is 38.1 Å². The van der Waals surface area contributed by atoms with E-state index < -0.39 is 0 Å². The van der Waals surface area contributed by atoms with Gasteiger partial charge in [-0.2, -0.15) is 0 Å². The van der Waals surface area contributed by atoms with Crippen LogP contribution in [0.5, 0.6) is 5.75 Å². The molecule has 0 saturated heterocycles. The molecule has 2 N–H and O–H groups in total. The van der Waals surface area contributed by atoms with E-state index in [2.05, 4.69) is 10.6 Å². The third-order valence-electron chi connectivity index (χ3n) is 3.08. The summed E-state index contributed by atoms with van der Waals surface area (Å²) in [4.78, 5) is 11.9.